The highest BCUT2D eigenvalue weighted by molar-refractivity contribution is 7.22. The van der Waals surface area contributed by atoms with E-state index in [0.717, 1.165) is 17.0 Å². The lowest BCUT2D eigenvalue weighted by Crippen LogP contribution is -2.16. The fraction of sp³-hybridized carbons (Fsp3) is 0.0556. The largest absolute Gasteiger partial charge is 0.573 e. The van der Waals surface area contributed by atoms with Crippen LogP contribution in [0.15, 0.2) is 61.2 Å². The summed E-state index contributed by atoms with van der Waals surface area (Å²) in [5.74, 6) is -0.709. The number of benzene rings is 2. The number of hydrogen-bond donors (Lipinski definition) is 1. The highest BCUT2D eigenvalue weighted by Crippen LogP contribution is 2.31. The van der Waals surface area contributed by atoms with Gasteiger partial charge in [-0.1, -0.05) is 11.3 Å². The number of imidazole rings is 1. The smallest absolute Gasteiger partial charge is 0.406 e. The van der Waals surface area contributed by atoms with Crippen LogP contribution in [0.1, 0.15) is 10.4 Å². The quantitative estimate of drug-likeness (QED) is 0.538. The maximum Gasteiger partial charge on any atom is 0.573 e. The zero-order valence-corrected chi connectivity index (χ0v) is 14.8. The number of aromatic nitrogens is 3. The number of rotatable bonds is 4. The standard InChI is InChI=1S/C18H11F3N4O2S/c19-18(20,21)27-13-5-6-14-15(9-13)28-17(23-14)24-16(26)11-1-3-12(4-2-11)25-8-7-22-10-25/h1-10H,(H,23,24,26). The number of thiazole rings is 1. The number of nitrogens with zero attached hydrogens (tertiary/aromatic N) is 3. The van der Waals surface area contributed by atoms with Gasteiger partial charge in [-0.3, -0.25) is 10.1 Å². The second-order valence-corrected chi connectivity index (χ2v) is 6.70. The van der Waals surface area contributed by atoms with Crippen LogP contribution in [-0.4, -0.2) is 26.8 Å². The van der Waals surface area contributed by atoms with Gasteiger partial charge in [-0.2, -0.15) is 0 Å². The van der Waals surface area contributed by atoms with Crippen molar-refractivity contribution in [3.8, 4) is 11.4 Å². The van der Waals surface area contributed by atoms with Gasteiger partial charge in [-0.15, -0.1) is 13.2 Å². The highest BCUT2D eigenvalue weighted by atomic mass is 32.1. The summed E-state index contributed by atoms with van der Waals surface area (Å²) in [7, 11) is 0. The normalized spacial score (nSPS) is 11.5. The molecule has 4 rings (SSSR count). The Labute approximate surface area is 160 Å². The van der Waals surface area contributed by atoms with Gasteiger partial charge in [0.05, 0.1) is 16.5 Å². The molecule has 28 heavy (non-hydrogen) atoms. The fourth-order valence-electron chi connectivity index (χ4n) is 2.52. The molecule has 10 heteroatoms. The van der Waals surface area contributed by atoms with E-state index in [2.05, 4.69) is 20.0 Å². The number of amides is 1. The zero-order valence-electron chi connectivity index (χ0n) is 14.0. The van der Waals surface area contributed by atoms with Crippen molar-refractivity contribution in [1.29, 1.82) is 0 Å². The molecule has 0 saturated heterocycles. The minimum atomic E-state index is -4.77. The second kappa shape index (κ2) is 6.97. The van der Waals surface area contributed by atoms with E-state index in [-0.39, 0.29) is 16.8 Å². The summed E-state index contributed by atoms with van der Waals surface area (Å²) in [5.41, 5.74) is 1.74. The Balaban J connectivity index is 1.50. The predicted octanol–water partition coefficient (Wildman–Crippen LogP) is 4.63. The van der Waals surface area contributed by atoms with Gasteiger partial charge >= 0.3 is 6.36 Å². The van der Waals surface area contributed by atoms with Gasteiger partial charge in [0, 0.05) is 29.7 Å². The third-order valence-corrected chi connectivity index (χ3v) is 4.68. The Morgan fingerprint density at radius 1 is 1.14 bits per heavy atom. The van der Waals surface area contributed by atoms with Gasteiger partial charge in [0.1, 0.15) is 5.75 Å². The van der Waals surface area contributed by atoms with Crippen LogP contribution in [0.5, 0.6) is 5.75 Å². The van der Waals surface area contributed by atoms with Gasteiger partial charge in [0.25, 0.3) is 5.91 Å². The lowest BCUT2D eigenvalue weighted by molar-refractivity contribution is -0.274. The summed E-state index contributed by atoms with van der Waals surface area (Å²) in [6.45, 7) is 0. The minimum absolute atomic E-state index is 0.280. The third-order valence-electron chi connectivity index (χ3n) is 3.75. The van der Waals surface area contributed by atoms with Crippen molar-refractivity contribution in [2.75, 3.05) is 5.32 Å². The fourth-order valence-corrected chi connectivity index (χ4v) is 3.41. The van der Waals surface area contributed by atoms with E-state index in [1.165, 1.54) is 18.2 Å². The molecule has 0 aliphatic rings. The summed E-state index contributed by atoms with van der Waals surface area (Å²) in [4.78, 5) is 20.6. The molecule has 2 heterocycles. The van der Waals surface area contributed by atoms with Gasteiger partial charge in [0.15, 0.2) is 5.13 Å². The molecule has 0 aliphatic heterocycles. The number of carbonyl (C=O) groups excluding carboxylic acids is 1. The first kappa shape index (κ1) is 18.0. The molecule has 0 aliphatic carbocycles. The summed E-state index contributed by atoms with van der Waals surface area (Å²) >= 11 is 1.06. The molecule has 1 N–H and O–H groups in total. The van der Waals surface area contributed by atoms with Crippen molar-refractivity contribution in [3.05, 3.63) is 66.7 Å². The van der Waals surface area contributed by atoms with Crippen molar-refractivity contribution < 1.29 is 22.7 Å². The molecule has 2 aromatic heterocycles. The van der Waals surface area contributed by atoms with Crippen LogP contribution in [0.25, 0.3) is 15.9 Å². The number of halogens is 3. The molecule has 0 saturated carbocycles. The van der Waals surface area contributed by atoms with Crippen LogP contribution < -0.4 is 10.1 Å². The van der Waals surface area contributed by atoms with E-state index in [0.29, 0.717) is 15.8 Å². The Hall–Kier alpha value is -3.40. The van der Waals surface area contributed by atoms with Crippen LogP contribution in [0.3, 0.4) is 0 Å². The van der Waals surface area contributed by atoms with Crippen molar-refractivity contribution in [3.63, 3.8) is 0 Å². The van der Waals surface area contributed by atoms with Crippen LogP contribution in [0.4, 0.5) is 18.3 Å². The number of carbonyl (C=O) groups is 1. The first-order chi connectivity index (χ1) is 13.4. The first-order valence-electron chi connectivity index (χ1n) is 7.93. The highest BCUT2D eigenvalue weighted by Gasteiger charge is 2.31. The van der Waals surface area contributed by atoms with Gasteiger partial charge in [-0.05, 0) is 36.4 Å². The van der Waals surface area contributed by atoms with Crippen LogP contribution in [0.2, 0.25) is 0 Å². The molecule has 0 atom stereocenters. The van der Waals surface area contributed by atoms with Crippen molar-refractivity contribution in [1.82, 2.24) is 14.5 Å². The number of nitrogens with one attached hydrogen (secondary N) is 1. The molecule has 0 bridgehead atoms. The molecular formula is C18H11F3N4O2S. The number of fused-ring (bicyclic) bond motifs is 1. The molecular weight excluding hydrogens is 393 g/mol. The SMILES string of the molecule is O=C(Nc1nc2ccc(OC(F)(F)F)cc2s1)c1ccc(-n2ccnc2)cc1. The number of hydrogen-bond acceptors (Lipinski definition) is 5. The van der Waals surface area contributed by atoms with Crippen molar-refractivity contribution >= 4 is 32.6 Å². The van der Waals surface area contributed by atoms with Gasteiger partial charge in [-0.25, -0.2) is 9.97 Å². The molecule has 0 radical (unpaired) electrons. The summed E-state index contributed by atoms with van der Waals surface area (Å²) in [6, 6.07) is 10.7. The van der Waals surface area contributed by atoms with Crippen LogP contribution in [0, 0.1) is 0 Å². The Morgan fingerprint density at radius 3 is 2.61 bits per heavy atom. The molecule has 2 aromatic carbocycles. The van der Waals surface area contributed by atoms with Crippen molar-refractivity contribution in [2.45, 2.75) is 6.36 Å². The van der Waals surface area contributed by atoms with E-state index in [4.69, 9.17) is 0 Å². The summed E-state index contributed by atoms with van der Waals surface area (Å²) in [6.07, 6.45) is 0.317. The number of ether oxygens (including phenoxy) is 1. The monoisotopic (exact) mass is 404 g/mol. The van der Waals surface area contributed by atoms with Crippen LogP contribution >= 0.6 is 11.3 Å². The Bertz CT molecular complexity index is 1120. The average Bonchev–Trinajstić information content (AvgIpc) is 3.29. The van der Waals surface area contributed by atoms with Crippen LogP contribution in [-0.2, 0) is 0 Å². The molecule has 6 nitrogen and oxygen atoms in total. The number of anilines is 1. The predicted molar refractivity (Wildman–Crippen MR) is 97.8 cm³/mol. The molecule has 0 spiro atoms. The second-order valence-electron chi connectivity index (χ2n) is 5.67. The Morgan fingerprint density at radius 2 is 1.93 bits per heavy atom. The molecule has 4 aromatic rings. The topological polar surface area (TPSA) is 69.0 Å². The lowest BCUT2D eigenvalue weighted by Gasteiger charge is -2.07. The Kier molecular flexibility index (Phi) is 4.47. The van der Waals surface area contributed by atoms with E-state index in [1.807, 2.05) is 0 Å². The van der Waals surface area contributed by atoms with E-state index in [1.54, 1.807) is 47.6 Å². The van der Waals surface area contributed by atoms with E-state index < -0.39 is 6.36 Å². The maximum absolute atomic E-state index is 12.4. The summed E-state index contributed by atoms with van der Waals surface area (Å²) in [5, 5.41) is 2.94. The van der Waals surface area contributed by atoms with Crippen molar-refractivity contribution in [2.24, 2.45) is 0 Å². The average molecular weight is 404 g/mol. The van der Waals surface area contributed by atoms with E-state index in [9.17, 15) is 18.0 Å². The minimum Gasteiger partial charge on any atom is -0.406 e. The van der Waals surface area contributed by atoms with Gasteiger partial charge in [0.2, 0.25) is 0 Å². The maximum atomic E-state index is 12.4. The lowest BCUT2D eigenvalue weighted by atomic mass is 10.2. The molecule has 142 valence electrons. The first-order valence-corrected chi connectivity index (χ1v) is 8.75. The third kappa shape index (κ3) is 3.96. The molecule has 0 fully saturated rings. The zero-order chi connectivity index (χ0) is 19.7. The molecule has 1 amide bonds. The number of alkyl halides is 3. The molecule has 0 unspecified atom stereocenters. The van der Waals surface area contributed by atoms with Gasteiger partial charge < -0.3 is 9.30 Å². The summed E-state index contributed by atoms with van der Waals surface area (Å²) < 4.78 is 43.1. The van der Waals surface area contributed by atoms with E-state index >= 15 is 0 Å².